The molecule has 2 unspecified atom stereocenters. The average molecular weight is 651 g/mol. The molecule has 12 nitrogen and oxygen atoms in total. The minimum Gasteiger partial charge on any atom is -0.508 e. The van der Waals surface area contributed by atoms with Crippen LogP contribution < -0.4 is 15.4 Å². The van der Waals surface area contributed by atoms with Crippen LogP contribution in [-0.2, 0) is 41.4 Å². The van der Waals surface area contributed by atoms with Gasteiger partial charge < -0.3 is 39.4 Å². The molecule has 2 amide bonds. The topological polar surface area (TPSA) is 159 Å². The smallest absolute Gasteiger partial charge is 0.408 e. The van der Waals surface area contributed by atoms with Crippen molar-refractivity contribution in [2.45, 2.75) is 77.7 Å². The number of ether oxygens (including phenoxy) is 5. The molecule has 0 saturated carbocycles. The maximum absolute atomic E-state index is 11.9. The van der Waals surface area contributed by atoms with Crippen LogP contribution in [0.4, 0.5) is 9.59 Å². The van der Waals surface area contributed by atoms with Crippen LogP contribution in [0.5, 0.6) is 11.5 Å². The molecule has 0 bridgehead atoms. The first kappa shape index (κ1) is 38.9. The minimum absolute atomic E-state index is 0.133. The number of phenols is 1. The molecule has 0 aromatic heterocycles. The average Bonchev–Trinajstić information content (AvgIpc) is 2.94. The van der Waals surface area contributed by atoms with Gasteiger partial charge in [-0.05, 0) is 83.2 Å². The number of amides is 2. The number of methoxy groups -OCH3 is 2. The number of benzene rings is 2. The summed E-state index contributed by atoms with van der Waals surface area (Å²) in [5.74, 6) is 0.374. The molecule has 0 saturated heterocycles. The molecule has 0 heterocycles. The van der Waals surface area contributed by atoms with Crippen molar-refractivity contribution in [2.75, 3.05) is 26.4 Å². The van der Waals surface area contributed by atoms with Gasteiger partial charge in [0.2, 0.25) is 0 Å². The van der Waals surface area contributed by atoms with Gasteiger partial charge in [-0.15, -0.1) is 11.8 Å². The van der Waals surface area contributed by atoms with Crippen molar-refractivity contribution in [1.29, 1.82) is 0 Å². The van der Waals surface area contributed by atoms with Gasteiger partial charge in [0.05, 0.1) is 14.2 Å². The first-order chi connectivity index (χ1) is 21.0. The molecule has 0 aliphatic carbocycles. The summed E-state index contributed by atoms with van der Waals surface area (Å²) in [6.45, 7) is 10.5. The van der Waals surface area contributed by atoms with E-state index in [1.165, 1.54) is 26.4 Å². The van der Waals surface area contributed by atoms with Crippen molar-refractivity contribution in [3.63, 3.8) is 0 Å². The predicted molar refractivity (Wildman–Crippen MR) is 171 cm³/mol. The lowest BCUT2D eigenvalue weighted by molar-refractivity contribution is -0.143. The highest BCUT2D eigenvalue weighted by atomic mass is 32.2. The highest BCUT2D eigenvalue weighted by Gasteiger charge is 2.26. The maximum Gasteiger partial charge on any atom is 0.408 e. The summed E-state index contributed by atoms with van der Waals surface area (Å²) >= 11 is 1.58. The van der Waals surface area contributed by atoms with Gasteiger partial charge in [0.25, 0.3) is 0 Å². The molecule has 13 heteroatoms. The molecular formula is C32H46N2O10S. The SMILES string of the molecule is COC(=O)C(Cc1ccc(O)cc1)NC(=O)OC(C)(C)C.COC(=O)C(Cc1ccc(OCSC)cc1)NC(=O)OC(C)(C)C. The zero-order chi connectivity index (χ0) is 34.2. The number of hydrogen-bond acceptors (Lipinski definition) is 11. The molecular weight excluding hydrogens is 604 g/mol. The van der Waals surface area contributed by atoms with Crippen molar-refractivity contribution < 1.29 is 48.0 Å². The van der Waals surface area contributed by atoms with Gasteiger partial charge in [-0.2, -0.15) is 0 Å². The Balaban J connectivity index is 0.000000454. The molecule has 45 heavy (non-hydrogen) atoms. The van der Waals surface area contributed by atoms with E-state index in [4.69, 9.17) is 18.9 Å². The van der Waals surface area contributed by atoms with Crippen LogP contribution in [-0.4, -0.2) is 78.9 Å². The summed E-state index contributed by atoms with van der Waals surface area (Å²) in [7, 11) is 2.54. The van der Waals surface area contributed by atoms with Gasteiger partial charge in [-0.3, -0.25) is 0 Å². The van der Waals surface area contributed by atoms with Crippen LogP contribution in [0.1, 0.15) is 52.7 Å². The second-order valence-corrected chi connectivity index (χ2v) is 12.5. The number of nitrogens with one attached hydrogen (secondary N) is 2. The zero-order valence-corrected chi connectivity index (χ0v) is 28.2. The van der Waals surface area contributed by atoms with E-state index in [1.54, 1.807) is 65.4 Å². The fourth-order valence-corrected chi connectivity index (χ4v) is 3.78. The third kappa shape index (κ3) is 17.1. The number of alkyl carbamates (subject to hydrolysis) is 2. The Morgan fingerprint density at radius 3 is 1.42 bits per heavy atom. The molecule has 3 N–H and O–H groups in total. The summed E-state index contributed by atoms with van der Waals surface area (Å²) in [4.78, 5) is 47.3. The molecule has 250 valence electrons. The van der Waals surface area contributed by atoms with E-state index >= 15 is 0 Å². The zero-order valence-electron chi connectivity index (χ0n) is 27.4. The Labute approximate surface area is 269 Å². The molecule has 0 spiro atoms. The Morgan fingerprint density at radius 1 is 0.711 bits per heavy atom. The van der Waals surface area contributed by atoms with E-state index in [1.807, 2.05) is 30.5 Å². The van der Waals surface area contributed by atoms with E-state index in [2.05, 4.69) is 15.4 Å². The number of aromatic hydroxyl groups is 1. The summed E-state index contributed by atoms with van der Waals surface area (Å²) in [5.41, 5.74) is 0.363. The van der Waals surface area contributed by atoms with Gasteiger partial charge >= 0.3 is 24.1 Å². The fraction of sp³-hybridized carbons (Fsp3) is 0.500. The number of thioether (sulfide) groups is 1. The number of carbonyl (C=O) groups is 4. The van der Waals surface area contributed by atoms with Crippen LogP contribution in [0.2, 0.25) is 0 Å². The standard InChI is InChI=1S/C17H25NO5S.C15H21NO5/c1-17(2,3)23-16(20)18-14(15(19)21-4)10-12-6-8-13(9-7-12)22-11-24-5;1-15(2,3)21-14(19)16-12(13(18)20-4)9-10-5-7-11(17)8-6-10/h6-9,14H,10-11H2,1-5H3,(H,18,20);5-8,12,17H,9H2,1-4H3,(H,16,19). The maximum atomic E-state index is 11.9. The lowest BCUT2D eigenvalue weighted by Gasteiger charge is -2.22. The third-order valence-electron chi connectivity index (χ3n) is 5.44. The van der Waals surface area contributed by atoms with Gasteiger partial charge in [-0.25, -0.2) is 19.2 Å². The molecule has 2 aromatic rings. The van der Waals surface area contributed by atoms with E-state index in [0.29, 0.717) is 12.4 Å². The van der Waals surface area contributed by atoms with E-state index in [0.717, 1.165) is 16.9 Å². The van der Waals surface area contributed by atoms with Gasteiger partial charge in [0, 0.05) is 12.8 Å². The predicted octanol–water partition coefficient (Wildman–Crippen LogP) is 5.00. The van der Waals surface area contributed by atoms with Crippen molar-refractivity contribution in [3.8, 4) is 11.5 Å². The van der Waals surface area contributed by atoms with Crippen molar-refractivity contribution in [2.24, 2.45) is 0 Å². The van der Waals surface area contributed by atoms with Crippen molar-refractivity contribution in [1.82, 2.24) is 10.6 Å². The molecule has 0 radical (unpaired) electrons. The van der Waals surface area contributed by atoms with Crippen LogP contribution in [0, 0.1) is 0 Å². The summed E-state index contributed by atoms with van der Waals surface area (Å²) in [6.07, 6.45) is 1.16. The normalized spacial score (nSPS) is 12.3. The Kier molecular flexibility index (Phi) is 16.1. The molecule has 2 atom stereocenters. The summed E-state index contributed by atoms with van der Waals surface area (Å²) in [6, 6.07) is 12.0. The van der Waals surface area contributed by atoms with E-state index < -0.39 is 47.4 Å². The van der Waals surface area contributed by atoms with Crippen LogP contribution >= 0.6 is 11.8 Å². The van der Waals surface area contributed by atoms with Crippen LogP contribution in [0.3, 0.4) is 0 Å². The number of carbonyl (C=O) groups excluding carboxylic acids is 4. The van der Waals surface area contributed by atoms with Crippen molar-refractivity contribution >= 4 is 35.9 Å². The van der Waals surface area contributed by atoms with Crippen molar-refractivity contribution in [3.05, 3.63) is 59.7 Å². The molecule has 0 aliphatic rings. The second kappa shape index (κ2) is 18.6. The molecule has 0 aliphatic heterocycles. The van der Waals surface area contributed by atoms with Crippen LogP contribution in [0.15, 0.2) is 48.5 Å². The van der Waals surface area contributed by atoms with Gasteiger partial charge in [0.15, 0.2) is 0 Å². The minimum atomic E-state index is -0.852. The highest BCUT2D eigenvalue weighted by molar-refractivity contribution is 7.98. The number of rotatable bonds is 11. The van der Waals surface area contributed by atoms with E-state index in [9.17, 15) is 24.3 Å². The second-order valence-electron chi connectivity index (χ2n) is 11.7. The fourth-order valence-electron chi connectivity index (χ4n) is 3.52. The third-order valence-corrected chi connectivity index (χ3v) is 5.79. The highest BCUT2D eigenvalue weighted by Crippen LogP contribution is 2.16. The summed E-state index contributed by atoms with van der Waals surface area (Å²) in [5, 5.41) is 14.3. The molecule has 0 fully saturated rings. The Bertz CT molecular complexity index is 1220. The van der Waals surface area contributed by atoms with Gasteiger partial charge in [0.1, 0.15) is 40.7 Å². The van der Waals surface area contributed by atoms with Crippen LogP contribution in [0.25, 0.3) is 0 Å². The quantitative estimate of drug-likeness (QED) is 0.171. The van der Waals surface area contributed by atoms with Gasteiger partial charge in [-0.1, -0.05) is 24.3 Å². The first-order valence-electron chi connectivity index (χ1n) is 14.1. The molecule has 2 aromatic carbocycles. The number of phenolic OH excluding ortho intramolecular Hbond substituents is 1. The monoisotopic (exact) mass is 650 g/mol. The van der Waals surface area contributed by atoms with E-state index in [-0.39, 0.29) is 12.2 Å². The largest absolute Gasteiger partial charge is 0.508 e. The number of esters is 2. The number of hydrogen-bond donors (Lipinski definition) is 3. The Hall–Kier alpha value is -4.13. The lowest BCUT2D eigenvalue weighted by atomic mass is 10.1. The summed E-state index contributed by atoms with van der Waals surface area (Å²) < 4.78 is 25.2. The lowest BCUT2D eigenvalue weighted by Crippen LogP contribution is -2.45. The first-order valence-corrected chi connectivity index (χ1v) is 15.5. The molecule has 2 rings (SSSR count). The Morgan fingerprint density at radius 2 is 1.09 bits per heavy atom.